The first-order valence-corrected chi connectivity index (χ1v) is 5.09. The Hall–Kier alpha value is -2.44. The smallest absolute Gasteiger partial charge is 0.302 e. The van der Waals surface area contributed by atoms with Crippen LogP contribution in [-0.4, -0.2) is 16.8 Å². The summed E-state index contributed by atoms with van der Waals surface area (Å²) in [6.45, 7) is 2.26. The number of benzene rings is 1. The highest BCUT2D eigenvalue weighted by Gasteiger charge is 2.20. The molecule has 1 rings (SSSR count). The molecule has 0 aliphatic carbocycles. The van der Waals surface area contributed by atoms with Crippen LogP contribution in [0.15, 0.2) is 18.2 Å². The summed E-state index contributed by atoms with van der Waals surface area (Å²) in [5, 5.41) is 13.3. The summed E-state index contributed by atoms with van der Waals surface area (Å²) >= 11 is 0. The second-order valence-corrected chi connectivity index (χ2v) is 3.53. The van der Waals surface area contributed by atoms with Crippen LogP contribution in [0.3, 0.4) is 0 Å². The number of amides is 1. The molecule has 0 aromatic heterocycles. The number of nitro benzene ring substituents is 1. The number of ether oxygens (including phenoxy) is 1. The maximum atomic E-state index is 11.0. The zero-order valence-electron chi connectivity index (χ0n) is 9.93. The van der Waals surface area contributed by atoms with Crippen molar-refractivity contribution in [1.29, 1.82) is 0 Å². The monoisotopic (exact) mass is 252 g/mol. The molecule has 1 amide bonds. The second kappa shape index (κ2) is 5.76. The lowest BCUT2D eigenvalue weighted by atomic mass is 10.1. The number of nitrogens with zero attached hydrogens (tertiary/aromatic N) is 1. The van der Waals surface area contributed by atoms with Crippen LogP contribution in [0.25, 0.3) is 0 Å². The van der Waals surface area contributed by atoms with Crippen LogP contribution < -0.4 is 5.32 Å². The lowest BCUT2D eigenvalue weighted by Gasteiger charge is -2.08. The standard InChI is InChI=1S/C11H12N2O5/c1-7(14)12-10-5-3-4-9(6-18-8(2)15)11(10)13(16)17/h3-5H,6H2,1-2H3,(H,12,14). The van der Waals surface area contributed by atoms with Crippen molar-refractivity contribution in [2.24, 2.45) is 0 Å². The van der Waals surface area contributed by atoms with E-state index in [4.69, 9.17) is 4.74 Å². The largest absolute Gasteiger partial charge is 0.461 e. The third-order valence-electron chi connectivity index (χ3n) is 2.04. The summed E-state index contributed by atoms with van der Waals surface area (Å²) in [5.41, 5.74) is 0.0348. The summed E-state index contributed by atoms with van der Waals surface area (Å²) in [7, 11) is 0. The molecule has 1 aromatic rings. The molecular weight excluding hydrogens is 240 g/mol. The van der Waals surface area contributed by atoms with Crippen molar-refractivity contribution in [3.8, 4) is 0 Å². The number of hydrogen-bond acceptors (Lipinski definition) is 5. The Balaban J connectivity index is 3.12. The minimum atomic E-state index is -0.621. The normalized spacial score (nSPS) is 9.67. The van der Waals surface area contributed by atoms with Gasteiger partial charge in [-0.1, -0.05) is 6.07 Å². The third-order valence-corrected chi connectivity index (χ3v) is 2.04. The lowest BCUT2D eigenvalue weighted by molar-refractivity contribution is -0.384. The quantitative estimate of drug-likeness (QED) is 0.498. The first kappa shape index (κ1) is 13.6. The van der Waals surface area contributed by atoms with Crippen LogP contribution in [0.1, 0.15) is 19.4 Å². The van der Waals surface area contributed by atoms with E-state index >= 15 is 0 Å². The number of hydrogen-bond donors (Lipinski definition) is 1. The third kappa shape index (κ3) is 3.55. The van der Waals surface area contributed by atoms with E-state index in [1.807, 2.05) is 0 Å². The number of esters is 1. The van der Waals surface area contributed by atoms with E-state index < -0.39 is 16.8 Å². The highest BCUT2D eigenvalue weighted by Crippen LogP contribution is 2.29. The zero-order valence-corrected chi connectivity index (χ0v) is 9.93. The molecule has 7 nitrogen and oxygen atoms in total. The average molecular weight is 252 g/mol. The van der Waals surface area contributed by atoms with E-state index in [1.54, 1.807) is 0 Å². The van der Waals surface area contributed by atoms with Crippen LogP contribution in [0.2, 0.25) is 0 Å². The number of nitro groups is 1. The first-order chi connectivity index (χ1) is 8.41. The van der Waals surface area contributed by atoms with Crippen molar-refractivity contribution < 1.29 is 19.2 Å². The fourth-order valence-corrected chi connectivity index (χ4v) is 1.39. The SMILES string of the molecule is CC(=O)Nc1cccc(COC(C)=O)c1[N+](=O)[O-]. The van der Waals surface area contributed by atoms with Crippen molar-refractivity contribution in [3.63, 3.8) is 0 Å². The Kier molecular flexibility index (Phi) is 4.36. The van der Waals surface area contributed by atoms with E-state index in [9.17, 15) is 19.7 Å². The molecule has 1 N–H and O–H groups in total. The van der Waals surface area contributed by atoms with Crippen molar-refractivity contribution in [1.82, 2.24) is 0 Å². The van der Waals surface area contributed by atoms with Crippen molar-refractivity contribution >= 4 is 23.3 Å². The molecule has 0 aliphatic rings. The van der Waals surface area contributed by atoms with Gasteiger partial charge in [-0.3, -0.25) is 19.7 Å². The fraction of sp³-hybridized carbons (Fsp3) is 0.273. The van der Waals surface area contributed by atoms with Gasteiger partial charge in [0, 0.05) is 13.8 Å². The van der Waals surface area contributed by atoms with Crippen LogP contribution in [-0.2, 0) is 20.9 Å². The maximum absolute atomic E-state index is 11.0. The van der Waals surface area contributed by atoms with Gasteiger partial charge in [0.25, 0.3) is 5.69 Å². The van der Waals surface area contributed by atoms with Gasteiger partial charge < -0.3 is 10.1 Å². The van der Waals surface area contributed by atoms with Crippen LogP contribution >= 0.6 is 0 Å². The number of carbonyl (C=O) groups is 2. The Labute approximate surface area is 103 Å². The van der Waals surface area contributed by atoms with Gasteiger partial charge in [-0.15, -0.1) is 0 Å². The fourth-order valence-electron chi connectivity index (χ4n) is 1.39. The van der Waals surface area contributed by atoms with Gasteiger partial charge in [0.1, 0.15) is 12.3 Å². The Morgan fingerprint density at radius 3 is 2.56 bits per heavy atom. The molecule has 96 valence electrons. The van der Waals surface area contributed by atoms with Crippen molar-refractivity contribution in [2.45, 2.75) is 20.5 Å². The van der Waals surface area contributed by atoms with E-state index in [2.05, 4.69) is 5.32 Å². The van der Waals surface area contributed by atoms with E-state index in [1.165, 1.54) is 32.0 Å². The van der Waals surface area contributed by atoms with E-state index in [0.717, 1.165) is 0 Å². The van der Waals surface area contributed by atoms with Crippen molar-refractivity contribution in [2.75, 3.05) is 5.32 Å². The Morgan fingerprint density at radius 1 is 1.39 bits per heavy atom. The zero-order chi connectivity index (χ0) is 13.7. The van der Waals surface area contributed by atoms with Crippen LogP contribution in [0.5, 0.6) is 0 Å². The predicted molar refractivity (Wildman–Crippen MR) is 62.9 cm³/mol. The van der Waals surface area contributed by atoms with E-state index in [0.29, 0.717) is 0 Å². The molecule has 0 unspecified atom stereocenters. The average Bonchev–Trinajstić information content (AvgIpc) is 2.25. The number of anilines is 1. The minimum absolute atomic E-state index is 0.0807. The molecule has 0 saturated carbocycles. The molecule has 0 fully saturated rings. The molecule has 0 bridgehead atoms. The minimum Gasteiger partial charge on any atom is -0.461 e. The summed E-state index contributed by atoms with van der Waals surface area (Å²) in [5.74, 6) is -0.947. The molecular formula is C11H12N2O5. The van der Waals surface area contributed by atoms with Gasteiger partial charge in [0.05, 0.1) is 10.5 Å². The molecule has 7 heteroatoms. The van der Waals surface area contributed by atoms with Crippen LogP contribution in [0, 0.1) is 10.1 Å². The summed E-state index contributed by atoms with van der Waals surface area (Å²) < 4.78 is 4.72. The molecule has 0 spiro atoms. The summed E-state index contributed by atoms with van der Waals surface area (Å²) in [6.07, 6.45) is 0. The molecule has 0 atom stereocenters. The number of nitrogens with one attached hydrogen (secondary N) is 1. The van der Waals surface area contributed by atoms with Gasteiger partial charge in [-0.2, -0.15) is 0 Å². The van der Waals surface area contributed by atoms with Crippen LogP contribution in [0.4, 0.5) is 11.4 Å². The maximum Gasteiger partial charge on any atom is 0.302 e. The topological polar surface area (TPSA) is 98.5 Å². The van der Waals surface area contributed by atoms with Gasteiger partial charge >= 0.3 is 5.97 Å². The van der Waals surface area contributed by atoms with Gasteiger partial charge in [-0.05, 0) is 12.1 Å². The summed E-state index contributed by atoms with van der Waals surface area (Å²) in [4.78, 5) is 32.0. The molecule has 0 aliphatic heterocycles. The van der Waals surface area contributed by atoms with Crippen molar-refractivity contribution in [3.05, 3.63) is 33.9 Å². The highest BCUT2D eigenvalue weighted by atomic mass is 16.6. The van der Waals surface area contributed by atoms with Gasteiger partial charge in [-0.25, -0.2) is 0 Å². The molecule has 0 radical (unpaired) electrons. The molecule has 1 aromatic carbocycles. The second-order valence-electron chi connectivity index (χ2n) is 3.53. The predicted octanol–water partition coefficient (Wildman–Crippen LogP) is 1.62. The number of carbonyl (C=O) groups excluding carboxylic acids is 2. The van der Waals surface area contributed by atoms with Gasteiger partial charge in [0.15, 0.2) is 0 Å². The number of para-hydroxylation sites is 1. The molecule has 18 heavy (non-hydrogen) atoms. The Bertz CT molecular complexity index is 498. The highest BCUT2D eigenvalue weighted by molar-refractivity contribution is 5.91. The molecule has 0 saturated heterocycles. The Morgan fingerprint density at radius 2 is 2.06 bits per heavy atom. The van der Waals surface area contributed by atoms with Gasteiger partial charge in [0.2, 0.25) is 5.91 Å². The first-order valence-electron chi connectivity index (χ1n) is 5.09. The molecule has 0 heterocycles. The summed E-state index contributed by atoms with van der Waals surface area (Å²) in [6, 6.07) is 4.42. The number of rotatable bonds is 4. The van der Waals surface area contributed by atoms with E-state index in [-0.39, 0.29) is 23.5 Å². The lowest BCUT2D eigenvalue weighted by Crippen LogP contribution is -2.10.